The third-order valence-corrected chi connectivity index (χ3v) is 3.56. The van der Waals surface area contributed by atoms with Crippen LogP contribution in [-0.2, 0) is 0 Å². The van der Waals surface area contributed by atoms with Crippen molar-refractivity contribution >= 4 is 17.5 Å². The largest absolute Gasteiger partial charge is 0.459 e. The van der Waals surface area contributed by atoms with Crippen LogP contribution in [0.2, 0.25) is 0 Å². The number of carbonyl (C=O) groups excluding carboxylic acids is 1. The smallest absolute Gasteiger partial charge is 0.289 e. The van der Waals surface area contributed by atoms with Gasteiger partial charge in [0.05, 0.1) is 6.26 Å². The van der Waals surface area contributed by atoms with Gasteiger partial charge in [0.1, 0.15) is 0 Å². The van der Waals surface area contributed by atoms with Crippen molar-refractivity contribution in [1.82, 2.24) is 4.90 Å². The van der Waals surface area contributed by atoms with Gasteiger partial charge < -0.3 is 9.32 Å². The molecule has 2 heterocycles. The molecule has 4 heteroatoms. The van der Waals surface area contributed by atoms with Crippen LogP contribution < -0.4 is 0 Å². The molecule has 1 saturated heterocycles. The number of alkyl halides is 1. The number of carbonyl (C=O) groups is 1. The lowest BCUT2D eigenvalue weighted by atomic mass is 9.94. The van der Waals surface area contributed by atoms with Gasteiger partial charge in [-0.1, -0.05) is 0 Å². The summed E-state index contributed by atoms with van der Waals surface area (Å²) in [4.78, 5) is 13.8. The minimum atomic E-state index is -0.00863. The number of hydrogen-bond acceptors (Lipinski definition) is 2. The van der Waals surface area contributed by atoms with Crippen molar-refractivity contribution < 1.29 is 9.21 Å². The van der Waals surface area contributed by atoms with E-state index < -0.39 is 0 Å². The van der Waals surface area contributed by atoms with E-state index in [0.717, 1.165) is 25.9 Å². The van der Waals surface area contributed by atoms with Gasteiger partial charge in [0.2, 0.25) is 0 Å². The van der Waals surface area contributed by atoms with Crippen LogP contribution in [0.1, 0.15) is 30.3 Å². The number of hydrogen-bond donors (Lipinski definition) is 0. The second kappa shape index (κ2) is 4.91. The molecule has 1 aliphatic heterocycles. The van der Waals surface area contributed by atoms with Gasteiger partial charge in [-0.05, 0) is 37.8 Å². The zero-order chi connectivity index (χ0) is 11.5. The summed E-state index contributed by atoms with van der Waals surface area (Å²) in [6, 6.07) is 3.44. The maximum Gasteiger partial charge on any atom is 0.289 e. The summed E-state index contributed by atoms with van der Waals surface area (Å²) in [5, 5.41) is 0.195. The van der Waals surface area contributed by atoms with E-state index in [1.807, 2.05) is 11.8 Å². The van der Waals surface area contributed by atoms with E-state index in [2.05, 4.69) is 0 Å². The van der Waals surface area contributed by atoms with Crippen molar-refractivity contribution in [1.29, 1.82) is 0 Å². The van der Waals surface area contributed by atoms with Gasteiger partial charge >= 0.3 is 0 Å². The molecule has 3 nitrogen and oxygen atoms in total. The van der Waals surface area contributed by atoms with E-state index in [9.17, 15) is 4.79 Å². The standard InChI is InChI=1S/C12H16ClNO2/c1-9(13)10-4-6-14(7-5-10)12(15)11-3-2-8-16-11/h2-3,8-10H,4-7H2,1H3. The molecule has 88 valence electrons. The lowest BCUT2D eigenvalue weighted by Crippen LogP contribution is -2.39. The first-order valence-electron chi connectivity index (χ1n) is 5.65. The SMILES string of the molecule is CC(Cl)C1CCN(C(=O)c2ccco2)CC1. The summed E-state index contributed by atoms with van der Waals surface area (Å²) in [6.45, 7) is 3.58. The van der Waals surface area contributed by atoms with Crippen molar-refractivity contribution in [2.75, 3.05) is 13.1 Å². The normalized spacial score (nSPS) is 19.8. The molecule has 0 aliphatic carbocycles. The van der Waals surface area contributed by atoms with Crippen LogP contribution in [0.5, 0.6) is 0 Å². The van der Waals surface area contributed by atoms with Crippen molar-refractivity contribution in [2.45, 2.75) is 25.1 Å². The van der Waals surface area contributed by atoms with E-state index in [1.54, 1.807) is 12.1 Å². The fraction of sp³-hybridized carbons (Fsp3) is 0.583. The maximum absolute atomic E-state index is 11.9. The molecule has 0 bridgehead atoms. The summed E-state index contributed by atoms with van der Waals surface area (Å²) in [7, 11) is 0. The monoisotopic (exact) mass is 241 g/mol. The van der Waals surface area contributed by atoms with Crippen LogP contribution in [0.25, 0.3) is 0 Å². The molecule has 1 amide bonds. The van der Waals surface area contributed by atoms with Crippen LogP contribution in [0, 0.1) is 5.92 Å². The summed E-state index contributed by atoms with van der Waals surface area (Å²) < 4.78 is 5.11. The van der Waals surface area contributed by atoms with Gasteiger partial charge in [-0.25, -0.2) is 0 Å². The Morgan fingerprint density at radius 3 is 2.75 bits per heavy atom. The van der Waals surface area contributed by atoms with Crippen LogP contribution in [0.15, 0.2) is 22.8 Å². The number of furan rings is 1. The number of piperidine rings is 1. The highest BCUT2D eigenvalue weighted by atomic mass is 35.5. The zero-order valence-electron chi connectivity index (χ0n) is 9.36. The Kier molecular flexibility index (Phi) is 3.54. The molecular formula is C12H16ClNO2. The Balaban J connectivity index is 1.92. The predicted octanol–water partition coefficient (Wildman–Crippen LogP) is 2.76. The zero-order valence-corrected chi connectivity index (χ0v) is 10.1. The van der Waals surface area contributed by atoms with Gasteiger partial charge in [0, 0.05) is 18.5 Å². The van der Waals surface area contributed by atoms with Crippen molar-refractivity contribution in [3.63, 3.8) is 0 Å². The third kappa shape index (κ3) is 2.40. The molecule has 0 aromatic carbocycles. The number of amides is 1. The van der Waals surface area contributed by atoms with Gasteiger partial charge in [-0.15, -0.1) is 11.6 Å². The number of likely N-dealkylation sites (tertiary alicyclic amines) is 1. The average Bonchev–Trinajstić information content (AvgIpc) is 2.81. The quantitative estimate of drug-likeness (QED) is 0.746. The molecule has 1 fully saturated rings. The average molecular weight is 242 g/mol. The van der Waals surface area contributed by atoms with E-state index in [-0.39, 0.29) is 11.3 Å². The van der Waals surface area contributed by atoms with E-state index in [4.69, 9.17) is 16.0 Å². The Morgan fingerprint density at radius 1 is 1.56 bits per heavy atom. The predicted molar refractivity (Wildman–Crippen MR) is 62.7 cm³/mol. The Morgan fingerprint density at radius 2 is 2.25 bits per heavy atom. The Hall–Kier alpha value is -0.960. The lowest BCUT2D eigenvalue weighted by molar-refractivity contribution is 0.0658. The molecule has 16 heavy (non-hydrogen) atoms. The van der Waals surface area contributed by atoms with E-state index in [0.29, 0.717) is 11.7 Å². The molecule has 1 aromatic rings. The van der Waals surface area contributed by atoms with Gasteiger partial charge in [-0.3, -0.25) is 4.79 Å². The first kappa shape index (κ1) is 11.5. The molecule has 1 atom stereocenters. The molecule has 0 spiro atoms. The number of rotatable bonds is 2. The second-order valence-electron chi connectivity index (χ2n) is 4.28. The first-order valence-corrected chi connectivity index (χ1v) is 6.09. The molecule has 1 unspecified atom stereocenters. The van der Waals surface area contributed by atoms with E-state index >= 15 is 0 Å². The van der Waals surface area contributed by atoms with Gasteiger partial charge in [-0.2, -0.15) is 0 Å². The maximum atomic E-state index is 11.9. The van der Waals surface area contributed by atoms with Crippen LogP contribution >= 0.6 is 11.6 Å². The van der Waals surface area contributed by atoms with Crippen LogP contribution in [0.4, 0.5) is 0 Å². The van der Waals surface area contributed by atoms with Crippen molar-refractivity contribution in [3.8, 4) is 0 Å². The highest BCUT2D eigenvalue weighted by molar-refractivity contribution is 6.20. The fourth-order valence-electron chi connectivity index (χ4n) is 2.12. The highest BCUT2D eigenvalue weighted by Crippen LogP contribution is 2.24. The molecule has 0 radical (unpaired) electrons. The van der Waals surface area contributed by atoms with Crippen molar-refractivity contribution in [2.24, 2.45) is 5.92 Å². The number of halogens is 1. The fourth-order valence-corrected chi connectivity index (χ4v) is 2.37. The highest BCUT2D eigenvalue weighted by Gasteiger charge is 2.26. The minimum Gasteiger partial charge on any atom is -0.459 e. The molecule has 1 aromatic heterocycles. The first-order chi connectivity index (χ1) is 7.68. The topological polar surface area (TPSA) is 33.5 Å². The van der Waals surface area contributed by atoms with Crippen molar-refractivity contribution in [3.05, 3.63) is 24.2 Å². The van der Waals surface area contributed by atoms with E-state index in [1.165, 1.54) is 6.26 Å². The number of nitrogens with zero attached hydrogens (tertiary/aromatic N) is 1. The summed E-state index contributed by atoms with van der Waals surface area (Å²) in [5.74, 6) is 0.949. The second-order valence-corrected chi connectivity index (χ2v) is 4.97. The lowest BCUT2D eigenvalue weighted by Gasteiger charge is -2.32. The minimum absolute atomic E-state index is 0.00863. The van der Waals surface area contributed by atoms with Gasteiger partial charge in [0.25, 0.3) is 5.91 Å². The third-order valence-electron chi connectivity index (χ3n) is 3.21. The molecule has 2 rings (SSSR count). The Bertz CT molecular complexity index is 340. The summed E-state index contributed by atoms with van der Waals surface area (Å²) in [5.41, 5.74) is 0. The molecule has 0 N–H and O–H groups in total. The molecule has 0 saturated carbocycles. The van der Waals surface area contributed by atoms with Crippen LogP contribution in [-0.4, -0.2) is 29.3 Å². The summed E-state index contributed by atoms with van der Waals surface area (Å²) in [6.07, 6.45) is 3.50. The molecular weight excluding hydrogens is 226 g/mol. The van der Waals surface area contributed by atoms with Crippen LogP contribution in [0.3, 0.4) is 0 Å². The summed E-state index contributed by atoms with van der Waals surface area (Å²) >= 11 is 6.06. The molecule has 1 aliphatic rings. The Labute approximate surface area is 100 Å². The van der Waals surface area contributed by atoms with Gasteiger partial charge in [0.15, 0.2) is 5.76 Å².